The Morgan fingerprint density at radius 3 is 1.92 bits per heavy atom. The monoisotopic (exact) mass is 691 g/mol. The number of imide groups is 1. The molecule has 3 aromatic carbocycles. The van der Waals surface area contributed by atoms with E-state index in [4.69, 9.17) is 28.4 Å². The van der Waals surface area contributed by atoms with Gasteiger partial charge in [0, 0.05) is 0 Å². The summed E-state index contributed by atoms with van der Waals surface area (Å²) in [5.41, 5.74) is 2.16. The molecule has 2 atom stereocenters. The molecule has 260 valence electrons. The highest BCUT2D eigenvalue weighted by atomic mass is 32.2. The fourth-order valence-electron chi connectivity index (χ4n) is 5.94. The number of carbonyl (C=O) groups excluding carboxylic acids is 2. The third kappa shape index (κ3) is 7.48. The van der Waals surface area contributed by atoms with Gasteiger partial charge >= 0.3 is 0 Å². The van der Waals surface area contributed by atoms with Crippen LogP contribution in [-0.2, 0) is 14.6 Å². The summed E-state index contributed by atoms with van der Waals surface area (Å²) in [4.78, 5) is 26.5. The first-order valence-corrected chi connectivity index (χ1v) is 17.8. The average molecular weight is 692 g/mol. The summed E-state index contributed by atoms with van der Waals surface area (Å²) < 4.78 is 62.3. The van der Waals surface area contributed by atoms with Crippen molar-refractivity contribution in [2.75, 3.05) is 46.8 Å². The van der Waals surface area contributed by atoms with Gasteiger partial charge < -0.3 is 28.4 Å². The first-order chi connectivity index (χ1) is 23.7. The number of fused-ring (bicyclic) bond motifs is 1. The summed E-state index contributed by atoms with van der Waals surface area (Å²) in [6.07, 6.45) is 1.58. The zero-order valence-electron chi connectivity index (χ0n) is 28.4. The summed E-state index contributed by atoms with van der Waals surface area (Å²) in [6.45, 7) is 3.76. The molecule has 2 heterocycles. The zero-order chi connectivity index (χ0) is 35.1. The van der Waals surface area contributed by atoms with Crippen molar-refractivity contribution in [2.45, 2.75) is 56.6 Å². The second-order valence-electron chi connectivity index (χ2n) is 11.5. The van der Waals surface area contributed by atoms with Gasteiger partial charge in [-0.25, -0.2) is 8.42 Å². The molecule has 2 amide bonds. The van der Waals surface area contributed by atoms with Crippen molar-refractivity contribution in [3.05, 3.63) is 70.8 Å². The number of hydrogen-bond donors (Lipinski definition) is 0. The van der Waals surface area contributed by atoms with Crippen molar-refractivity contribution in [3.8, 4) is 40.6 Å². The van der Waals surface area contributed by atoms with Crippen molar-refractivity contribution < 1.29 is 46.4 Å². The standard InChI is InChI=1S/C37H41NO10S/c1-6-17-47-35-32(46-18-11-10-16-38-36(39)26-12-8-9-13-27(26)37(38)40)22-25(23-33(35)49(41,42)19-7-2)29-15-14-28(48-29)24-20-30(43-3)34(45-5)31(21-24)44-4/h8-9,12-13,20-23,28-29H,6-7,14-19H2,1-5H3/t28-,29-/m1/s1. The lowest BCUT2D eigenvalue weighted by Gasteiger charge is -2.21. The normalized spacial score (nSPS) is 17.0. The second kappa shape index (κ2) is 15.7. The molecule has 0 unspecified atom stereocenters. The molecule has 0 bridgehead atoms. The van der Waals surface area contributed by atoms with E-state index in [1.54, 1.807) is 64.7 Å². The second-order valence-corrected chi connectivity index (χ2v) is 13.6. The van der Waals surface area contributed by atoms with Crippen LogP contribution in [0.4, 0.5) is 0 Å². The minimum absolute atomic E-state index is 0.0362. The van der Waals surface area contributed by atoms with E-state index in [9.17, 15) is 18.0 Å². The molecule has 2 aliphatic heterocycles. The van der Waals surface area contributed by atoms with Gasteiger partial charge in [0.25, 0.3) is 11.8 Å². The molecule has 0 saturated carbocycles. The lowest BCUT2D eigenvalue weighted by Crippen LogP contribution is -2.30. The van der Waals surface area contributed by atoms with E-state index in [0.717, 1.165) is 10.5 Å². The summed E-state index contributed by atoms with van der Waals surface area (Å²) in [6, 6.07) is 13.7. The number of nitrogens with zero attached hydrogens (tertiary/aromatic N) is 1. The van der Waals surface area contributed by atoms with Crippen LogP contribution in [0.15, 0.2) is 53.4 Å². The van der Waals surface area contributed by atoms with Gasteiger partial charge in [0.2, 0.25) is 5.75 Å². The van der Waals surface area contributed by atoms with Crippen molar-refractivity contribution in [1.29, 1.82) is 0 Å². The summed E-state index contributed by atoms with van der Waals surface area (Å²) in [5.74, 6) is 6.66. The fourth-order valence-corrected chi connectivity index (χ4v) is 7.46. The fraction of sp³-hybridized carbons (Fsp3) is 0.405. The average Bonchev–Trinajstić information content (AvgIpc) is 3.70. The van der Waals surface area contributed by atoms with Gasteiger partial charge in [-0.05, 0) is 73.2 Å². The van der Waals surface area contributed by atoms with Gasteiger partial charge in [0.05, 0.1) is 63.6 Å². The lowest BCUT2D eigenvalue weighted by atomic mass is 10.0. The Morgan fingerprint density at radius 1 is 0.776 bits per heavy atom. The van der Waals surface area contributed by atoms with Crippen molar-refractivity contribution >= 4 is 21.7 Å². The number of carbonyl (C=O) groups is 2. The van der Waals surface area contributed by atoms with E-state index < -0.39 is 27.8 Å². The van der Waals surface area contributed by atoms with E-state index in [1.807, 2.05) is 19.1 Å². The number of benzene rings is 3. The number of rotatable bonds is 14. The molecule has 0 aromatic heterocycles. The maximum atomic E-state index is 13.6. The van der Waals surface area contributed by atoms with Crippen molar-refractivity contribution in [1.82, 2.24) is 4.90 Å². The van der Waals surface area contributed by atoms with Crippen LogP contribution in [0.1, 0.15) is 83.6 Å². The Labute approximate surface area is 287 Å². The zero-order valence-corrected chi connectivity index (χ0v) is 29.2. The Bertz CT molecular complexity index is 1820. The molecule has 12 heteroatoms. The number of amides is 2. The third-order valence-corrected chi connectivity index (χ3v) is 10.2. The molecule has 49 heavy (non-hydrogen) atoms. The van der Waals surface area contributed by atoms with E-state index in [1.165, 1.54) is 0 Å². The van der Waals surface area contributed by atoms with Crippen LogP contribution in [0.2, 0.25) is 0 Å². The molecular formula is C37H41NO10S. The lowest BCUT2D eigenvalue weighted by molar-refractivity contribution is 0.0435. The summed E-state index contributed by atoms with van der Waals surface area (Å²) in [7, 11) is 0.898. The highest BCUT2D eigenvalue weighted by Crippen LogP contribution is 2.48. The van der Waals surface area contributed by atoms with Gasteiger partial charge in [0.1, 0.15) is 11.5 Å². The smallest absolute Gasteiger partial charge is 0.262 e. The van der Waals surface area contributed by atoms with Crippen LogP contribution in [0.5, 0.6) is 28.7 Å². The highest BCUT2D eigenvalue weighted by molar-refractivity contribution is 7.91. The summed E-state index contributed by atoms with van der Waals surface area (Å²) >= 11 is 0. The Morgan fingerprint density at radius 2 is 1.37 bits per heavy atom. The van der Waals surface area contributed by atoms with Crippen molar-refractivity contribution in [3.63, 3.8) is 0 Å². The predicted molar refractivity (Wildman–Crippen MR) is 182 cm³/mol. The minimum Gasteiger partial charge on any atom is -0.493 e. The first kappa shape index (κ1) is 35.6. The van der Waals surface area contributed by atoms with Crippen LogP contribution in [0.25, 0.3) is 0 Å². The molecule has 5 rings (SSSR count). The minimum atomic E-state index is -3.75. The van der Waals surface area contributed by atoms with E-state index in [-0.39, 0.29) is 48.0 Å². The molecule has 3 aromatic rings. The molecule has 2 aliphatic rings. The molecule has 0 radical (unpaired) electrons. The van der Waals surface area contributed by atoms with E-state index in [2.05, 4.69) is 11.8 Å². The number of methoxy groups -OCH3 is 3. The quantitative estimate of drug-likeness (QED) is 0.148. The maximum absolute atomic E-state index is 13.6. The van der Waals surface area contributed by atoms with Gasteiger partial charge in [-0.15, -0.1) is 0 Å². The molecule has 0 N–H and O–H groups in total. The molecule has 0 aliphatic carbocycles. The molecule has 1 fully saturated rings. The topological polar surface area (TPSA) is 127 Å². The van der Waals surface area contributed by atoms with Gasteiger partial charge in [-0.3, -0.25) is 14.5 Å². The summed E-state index contributed by atoms with van der Waals surface area (Å²) in [5, 5.41) is 0. The Balaban J connectivity index is 1.42. The van der Waals surface area contributed by atoms with Crippen LogP contribution in [0, 0.1) is 11.8 Å². The maximum Gasteiger partial charge on any atom is 0.262 e. The van der Waals surface area contributed by atoms with Crippen LogP contribution < -0.4 is 23.7 Å². The van der Waals surface area contributed by atoms with Gasteiger partial charge in [-0.2, -0.15) is 0 Å². The van der Waals surface area contributed by atoms with Crippen LogP contribution in [0.3, 0.4) is 0 Å². The highest BCUT2D eigenvalue weighted by Gasteiger charge is 2.35. The van der Waals surface area contributed by atoms with Crippen LogP contribution in [-0.4, -0.2) is 72.0 Å². The van der Waals surface area contributed by atoms with E-state index in [0.29, 0.717) is 59.6 Å². The van der Waals surface area contributed by atoms with Gasteiger partial charge in [-0.1, -0.05) is 37.8 Å². The van der Waals surface area contributed by atoms with Crippen LogP contribution >= 0.6 is 0 Å². The molecule has 1 saturated heterocycles. The number of sulfone groups is 1. The predicted octanol–water partition coefficient (Wildman–Crippen LogP) is 5.96. The first-order valence-electron chi connectivity index (χ1n) is 16.2. The Kier molecular flexibility index (Phi) is 11.4. The SMILES string of the molecule is CCCOc1c(OCC#CCN2C(=O)c3ccccc3C2=O)cc([C@H]2CC[C@H](c3cc(OC)c(OC)c(OC)c3)O2)cc1S(=O)(=O)CCC. The van der Waals surface area contributed by atoms with Crippen molar-refractivity contribution in [2.24, 2.45) is 0 Å². The Hall–Kier alpha value is -4.73. The van der Waals surface area contributed by atoms with E-state index >= 15 is 0 Å². The largest absolute Gasteiger partial charge is 0.493 e. The number of ether oxygens (including phenoxy) is 6. The molecular weight excluding hydrogens is 650 g/mol. The van der Waals surface area contributed by atoms with Gasteiger partial charge in [0.15, 0.2) is 32.8 Å². The molecule has 0 spiro atoms. The molecule has 11 nitrogen and oxygen atoms in total. The third-order valence-electron chi connectivity index (χ3n) is 8.29. The number of hydrogen-bond acceptors (Lipinski definition) is 10.